The third-order valence-corrected chi connectivity index (χ3v) is 8.34. The molecule has 4 nitrogen and oxygen atoms in total. The van der Waals surface area contributed by atoms with Crippen LogP contribution in [0.1, 0.15) is 59.9 Å². The molecule has 0 unspecified atom stereocenters. The molecular weight excluding hydrogens is 572 g/mol. The van der Waals surface area contributed by atoms with Crippen molar-refractivity contribution in [1.29, 1.82) is 0 Å². The van der Waals surface area contributed by atoms with Crippen LogP contribution in [0.15, 0.2) is 72.8 Å². The number of rotatable bonds is 11. The van der Waals surface area contributed by atoms with Crippen molar-refractivity contribution >= 4 is 0 Å². The van der Waals surface area contributed by atoms with E-state index >= 15 is 0 Å². The van der Waals surface area contributed by atoms with Crippen LogP contribution < -0.4 is 4.74 Å². The van der Waals surface area contributed by atoms with Crippen LogP contribution in [0.2, 0.25) is 0 Å². The Hall–Kier alpha value is -3.08. The average molecular weight is 608 g/mol. The minimum absolute atomic E-state index is 0.198. The maximum Gasteiger partial charge on any atom is 0.416 e. The second-order valence-corrected chi connectivity index (χ2v) is 11.5. The van der Waals surface area contributed by atoms with Gasteiger partial charge in [-0.2, -0.15) is 31.4 Å². The van der Waals surface area contributed by atoms with Crippen molar-refractivity contribution in [1.82, 2.24) is 5.06 Å². The van der Waals surface area contributed by atoms with Gasteiger partial charge in [-0.25, -0.2) is 0 Å². The van der Waals surface area contributed by atoms with E-state index in [1.807, 2.05) is 17.2 Å². The molecule has 43 heavy (non-hydrogen) atoms. The fourth-order valence-electron chi connectivity index (χ4n) is 5.59. The predicted octanol–water partition coefficient (Wildman–Crippen LogP) is 8.03. The van der Waals surface area contributed by atoms with Crippen LogP contribution in [0, 0.1) is 11.8 Å². The number of ether oxygens (including phenoxy) is 1. The lowest BCUT2D eigenvalue weighted by Crippen LogP contribution is -2.44. The fourth-order valence-corrected chi connectivity index (χ4v) is 5.59. The number of hydrogen-bond acceptors (Lipinski definition) is 4. The number of alkyl halides is 6. The highest BCUT2D eigenvalue weighted by Gasteiger charge is 2.43. The van der Waals surface area contributed by atoms with E-state index in [1.165, 1.54) is 42.7 Å². The van der Waals surface area contributed by atoms with Gasteiger partial charge >= 0.3 is 12.4 Å². The summed E-state index contributed by atoms with van der Waals surface area (Å²) < 4.78 is 84.9. The molecule has 1 aliphatic carbocycles. The zero-order chi connectivity index (χ0) is 30.7. The van der Waals surface area contributed by atoms with Crippen LogP contribution in [-0.2, 0) is 29.2 Å². The minimum atomic E-state index is -4.55. The molecule has 3 aromatic rings. The summed E-state index contributed by atoms with van der Waals surface area (Å²) in [6.45, 7) is 2.19. The summed E-state index contributed by atoms with van der Waals surface area (Å²) in [5, 5.41) is 13.9. The molecule has 0 spiro atoms. The number of hydrogen-bond donors (Lipinski definition) is 1. The highest BCUT2D eigenvalue weighted by Crippen LogP contribution is 2.44. The number of benzene rings is 3. The van der Waals surface area contributed by atoms with Gasteiger partial charge in [0.1, 0.15) is 11.4 Å². The molecule has 3 aromatic carbocycles. The highest BCUT2D eigenvalue weighted by molar-refractivity contribution is 5.40. The first-order valence-electron chi connectivity index (χ1n) is 14.6. The van der Waals surface area contributed by atoms with E-state index in [1.54, 1.807) is 0 Å². The molecule has 1 heterocycles. The van der Waals surface area contributed by atoms with Crippen molar-refractivity contribution in [2.24, 2.45) is 11.8 Å². The van der Waals surface area contributed by atoms with Gasteiger partial charge in [0.25, 0.3) is 0 Å². The molecule has 1 aliphatic heterocycles. The summed E-state index contributed by atoms with van der Waals surface area (Å²) in [5.74, 6) is 1.12. The van der Waals surface area contributed by atoms with Gasteiger partial charge in [0.05, 0.1) is 24.3 Å². The molecule has 5 rings (SSSR count). The van der Waals surface area contributed by atoms with E-state index in [0.29, 0.717) is 38.5 Å². The number of nitrogens with zero attached hydrogens (tertiary/aromatic N) is 1. The van der Waals surface area contributed by atoms with Crippen LogP contribution >= 0.6 is 0 Å². The van der Waals surface area contributed by atoms with Gasteiger partial charge < -0.3 is 9.84 Å². The largest absolute Gasteiger partial charge is 0.493 e. The van der Waals surface area contributed by atoms with E-state index in [2.05, 4.69) is 12.1 Å². The normalized spacial score (nSPS) is 17.3. The molecule has 2 aliphatic rings. The summed E-state index contributed by atoms with van der Waals surface area (Å²) in [7, 11) is 0. The maximum absolute atomic E-state index is 13.2. The van der Waals surface area contributed by atoms with Gasteiger partial charge in [0.2, 0.25) is 0 Å². The molecular formula is C33H35F6NO3. The average Bonchev–Trinajstić information content (AvgIpc) is 3.83. The van der Waals surface area contributed by atoms with Crippen LogP contribution in [0.4, 0.5) is 26.3 Å². The molecule has 2 fully saturated rings. The Labute approximate surface area is 247 Å². The zero-order valence-corrected chi connectivity index (χ0v) is 23.6. The standard InChI is InChI=1S/C33H35F6NO3/c34-32(35,36)28-11-7-25(8-12-28)31(41,26-9-13-29(14-10-26)33(37,38)39)27-17-19-40(20-18-27)43-21-1-2-23-5-15-30(16-6-23)42-22-24-3-4-24/h5-16,24,27,41H,1-4,17-22H2. The molecule has 0 radical (unpaired) electrons. The number of piperidine rings is 1. The van der Waals surface area contributed by atoms with Gasteiger partial charge in [0, 0.05) is 13.1 Å². The van der Waals surface area contributed by atoms with Gasteiger partial charge in [-0.05, 0) is 103 Å². The lowest BCUT2D eigenvalue weighted by atomic mass is 9.72. The summed E-state index contributed by atoms with van der Waals surface area (Å²) in [4.78, 5) is 5.96. The SMILES string of the molecule is OC(c1ccc(C(F)(F)F)cc1)(c1ccc(C(F)(F)F)cc1)C1CCN(OCCCc2ccc(OCC3CC3)cc2)CC1. The fraction of sp³-hybridized carbons (Fsp3) is 0.455. The van der Waals surface area contributed by atoms with Crippen molar-refractivity contribution in [3.8, 4) is 5.75 Å². The zero-order valence-electron chi connectivity index (χ0n) is 23.6. The number of halogens is 6. The van der Waals surface area contributed by atoms with Crippen LogP contribution in [0.5, 0.6) is 5.75 Å². The lowest BCUT2D eigenvalue weighted by Gasteiger charge is -2.42. The van der Waals surface area contributed by atoms with E-state index in [-0.39, 0.29) is 11.1 Å². The molecule has 1 N–H and O–H groups in total. The van der Waals surface area contributed by atoms with Crippen LogP contribution in [0.25, 0.3) is 0 Å². The smallest absolute Gasteiger partial charge is 0.416 e. The van der Waals surface area contributed by atoms with E-state index in [4.69, 9.17) is 9.57 Å². The van der Waals surface area contributed by atoms with Gasteiger partial charge in [-0.1, -0.05) is 36.4 Å². The molecule has 0 aromatic heterocycles. The number of aryl methyl sites for hydroxylation is 1. The van der Waals surface area contributed by atoms with Crippen molar-refractivity contribution < 1.29 is 41.0 Å². The van der Waals surface area contributed by atoms with Gasteiger partial charge in [-0.3, -0.25) is 4.84 Å². The number of aliphatic hydroxyl groups is 1. The molecule has 10 heteroatoms. The van der Waals surface area contributed by atoms with Gasteiger partial charge in [0.15, 0.2) is 0 Å². The van der Waals surface area contributed by atoms with E-state index < -0.39 is 35.0 Å². The van der Waals surface area contributed by atoms with Crippen molar-refractivity contribution in [3.63, 3.8) is 0 Å². The van der Waals surface area contributed by atoms with Crippen LogP contribution in [-0.4, -0.2) is 36.5 Å². The Morgan fingerprint density at radius 2 is 1.16 bits per heavy atom. The van der Waals surface area contributed by atoms with Crippen molar-refractivity contribution in [3.05, 3.63) is 101 Å². The lowest BCUT2D eigenvalue weighted by molar-refractivity contribution is -0.184. The van der Waals surface area contributed by atoms with E-state index in [0.717, 1.165) is 49.5 Å². The summed E-state index contributed by atoms with van der Waals surface area (Å²) >= 11 is 0. The first-order chi connectivity index (χ1) is 20.4. The Kier molecular flexibility index (Phi) is 9.39. The third-order valence-electron chi connectivity index (χ3n) is 8.34. The summed E-state index contributed by atoms with van der Waals surface area (Å²) in [6, 6.07) is 16.4. The Bertz CT molecular complexity index is 1250. The maximum atomic E-state index is 13.2. The first kappa shape index (κ1) is 31.3. The predicted molar refractivity (Wildman–Crippen MR) is 149 cm³/mol. The molecule has 0 atom stereocenters. The molecule has 1 saturated carbocycles. The number of hydroxylamine groups is 2. The van der Waals surface area contributed by atoms with E-state index in [9.17, 15) is 31.4 Å². The minimum Gasteiger partial charge on any atom is -0.493 e. The quantitative estimate of drug-likeness (QED) is 0.177. The first-order valence-corrected chi connectivity index (χ1v) is 14.6. The van der Waals surface area contributed by atoms with Crippen molar-refractivity contribution in [2.45, 2.75) is 56.5 Å². The monoisotopic (exact) mass is 607 g/mol. The highest BCUT2D eigenvalue weighted by atomic mass is 19.4. The second kappa shape index (κ2) is 12.9. The third kappa shape index (κ3) is 7.91. The Morgan fingerprint density at radius 1 is 0.674 bits per heavy atom. The van der Waals surface area contributed by atoms with Crippen molar-refractivity contribution in [2.75, 3.05) is 26.3 Å². The molecule has 0 amide bonds. The second-order valence-electron chi connectivity index (χ2n) is 11.5. The Morgan fingerprint density at radius 3 is 1.63 bits per heavy atom. The molecule has 232 valence electrons. The summed E-state index contributed by atoms with van der Waals surface area (Å²) in [5.41, 5.74) is -1.94. The molecule has 0 bridgehead atoms. The van der Waals surface area contributed by atoms with Crippen LogP contribution in [0.3, 0.4) is 0 Å². The molecule has 1 saturated heterocycles. The Balaban J connectivity index is 1.19. The van der Waals surface area contributed by atoms with Gasteiger partial charge in [-0.15, -0.1) is 0 Å². The summed E-state index contributed by atoms with van der Waals surface area (Å²) in [6.07, 6.45) is -4.13. The topological polar surface area (TPSA) is 41.9 Å².